The number of hydrogen-bond acceptors (Lipinski definition) is 2. The van der Waals surface area contributed by atoms with Gasteiger partial charge in [0.2, 0.25) is 0 Å². The minimum absolute atomic E-state index is 0.820. The molecule has 1 atom stereocenters. The number of piperidine rings is 3. The van der Waals surface area contributed by atoms with E-state index in [2.05, 4.69) is 17.1 Å². The van der Waals surface area contributed by atoms with E-state index in [-0.39, 0.29) is 0 Å². The zero-order valence-electron chi connectivity index (χ0n) is 12.0. The van der Waals surface area contributed by atoms with Crippen molar-refractivity contribution in [2.24, 2.45) is 11.8 Å². The quantitative estimate of drug-likeness (QED) is 0.825. The van der Waals surface area contributed by atoms with E-state index in [1.807, 2.05) is 0 Å². The Labute approximate surface area is 113 Å². The molecule has 2 bridgehead atoms. The van der Waals surface area contributed by atoms with Gasteiger partial charge in [-0.25, -0.2) is 0 Å². The van der Waals surface area contributed by atoms with Crippen LogP contribution in [0.1, 0.15) is 58.3 Å². The van der Waals surface area contributed by atoms with Gasteiger partial charge in [0.15, 0.2) is 0 Å². The van der Waals surface area contributed by atoms with Crippen LogP contribution in [0, 0.1) is 11.8 Å². The molecule has 4 aliphatic rings. The fourth-order valence-electron chi connectivity index (χ4n) is 4.48. The minimum Gasteiger partial charge on any atom is -0.310 e. The molecule has 0 spiro atoms. The molecule has 4 fully saturated rings. The van der Waals surface area contributed by atoms with Gasteiger partial charge in [0, 0.05) is 18.6 Å². The van der Waals surface area contributed by atoms with Gasteiger partial charge < -0.3 is 10.2 Å². The third-order valence-electron chi connectivity index (χ3n) is 5.65. The van der Waals surface area contributed by atoms with E-state index in [4.69, 9.17) is 0 Å². The molecule has 18 heavy (non-hydrogen) atoms. The summed E-state index contributed by atoms with van der Waals surface area (Å²) in [4.78, 5) is 2.67. The second kappa shape index (κ2) is 5.92. The molecule has 1 saturated carbocycles. The summed E-state index contributed by atoms with van der Waals surface area (Å²) >= 11 is 0. The van der Waals surface area contributed by atoms with Gasteiger partial charge in [0.25, 0.3) is 0 Å². The lowest BCUT2D eigenvalue weighted by atomic mass is 9.80. The van der Waals surface area contributed by atoms with Crippen molar-refractivity contribution in [3.05, 3.63) is 0 Å². The maximum absolute atomic E-state index is 4.01. The Bertz CT molecular complexity index is 250. The monoisotopic (exact) mass is 250 g/mol. The summed E-state index contributed by atoms with van der Waals surface area (Å²) in [5.41, 5.74) is 0. The standard InChI is InChI=1S/C16H30N2/c1-2-3-13-4-6-15(7-5-13)17-16-12-18-10-8-14(16)9-11-18/h13-17H,2-12H2,1H3. The van der Waals surface area contributed by atoms with Gasteiger partial charge in [-0.1, -0.05) is 19.8 Å². The predicted molar refractivity (Wildman–Crippen MR) is 76.7 cm³/mol. The fraction of sp³-hybridized carbons (Fsp3) is 1.00. The molecular formula is C16H30N2. The number of nitrogens with one attached hydrogen (secondary N) is 1. The topological polar surface area (TPSA) is 15.3 Å². The van der Waals surface area contributed by atoms with Crippen LogP contribution < -0.4 is 5.32 Å². The SMILES string of the molecule is CCCC1CCC(NC2CN3CCC2CC3)CC1. The van der Waals surface area contributed by atoms with Gasteiger partial charge in [-0.05, 0) is 63.5 Å². The molecule has 1 unspecified atom stereocenters. The van der Waals surface area contributed by atoms with Gasteiger partial charge >= 0.3 is 0 Å². The van der Waals surface area contributed by atoms with Crippen molar-refractivity contribution in [3.8, 4) is 0 Å². The molecule has 104 valence electrons. The Morgan fingerprint density at radius 2 is 1.72 bits per heavy atom. The summed E-state index contributed by atoms with van der Waals surface area (Å²) in [5.74, 6) is 2.03. The first-order valence-electron chi connectivity index (χ1n) is 8.33. The molecule has 3 saturated heterocycles. The molecule has 2 nitrogen and oxygen atoms in total. The molecule has 4 rings (SSSR count). The smallest absolute Gasteiger partial charge is 0.0226 e. The summed E-state index contributed by atoms with van der Waals surface area (Å²) in [6.07, 6.45) is 11.6. The van der Waals surface area contributed by atoms with Crippen LogP contribution in [-0.2, 0) is 0 Å². The van der Waals surface area contributed by atoms with Crippen LogP contribution >= 0.6 is 0 Å². The maximum atomic E-state index is 4.01. The Morgan fingerprint density at radius 3 is 2.28 bits per heavy atom. The Hall–Kier alpha value is -0.0800. The number of nitrogens with zero attached hydrogens (tertiary/aromatic N) is 1. The summed E-state index contributed by atoms with van der Waals surface area (Å²) in [7, 11) is 0. The number of fused-ring (bicyclic) bond motifs is 3. The Balaban J connectivity index is 1.44. The lowest BCUT2D eigenvalue weighted by Gasteiger charge is -2.47. The van der Waals surface area contributed by atoms with Crippen LogP contribution in [-0.4, -0.2) is 36.6 Å². The molecule has 1 N–H and O–H groups in total. The first-order chi connectivity index (χ1) is 8.85. The molecule has 0 radical (unpaired) electrons. The largest absolute Gasteiger partial charge is 0.310 e. The van der Waals surface area contributed by atoms with E-state index in [0.29, 0.717) is 0 Å². The normalized spacial score (nSPS) is 44.2. The van der Waals surface area contributed by atoms with Crippen LogP contribution in [0.15, 0.2) is 0 Å². The van der Waals surface area contributed by atoms with Gasteiger partial charge in [-0.15, -0.1) is 0 Å². The average Bonchev–Trinajstić information content (AvgIpc) is 2.43. The summed E-state index contributed by atoms with van der Waals surface area (Å²) in [5, 5.41) is 4.01. The molecular weight excluding hydrogens is 220 g/mol. The van der Waals surface area contributed by atoms with Crippen molar-refractivity contribution < 1.29 is 0 Å². The van der Waals surface area contributed by atoms with E-state index in [1.165, 1.54) is 71.0 Å². The van der Waals surface area contributed by atoms with Crippen molar-refractivity contribution in [1.29, 1.82) is 0 Å². The van der Waals surface area contributed by atoms with Crippen LogP contribution in [0.5, 0.6) is 0 Å². The molecule has 0 aromatic carbocycles. The lowest BCUT2D eigenvalue weighted by molar-refractivity contribution is 0.0624. The van der Waals surface area contributed by atoms with Crippen molar-refractivity contribution in [3.63, 3.8) is 0 Å². The molecule has 3 heterocycles. The molecule has 2 heteroatoms. The van der Waals surface area contributed by atoms with Crippen molar-refractivity contribution in [2.45, 2.75) is 70.4 Å². The first-order valence-corrected chi connectivity index (χ1v) is 8.33. The van der Waals surface area contributed by atoms with E-state index in [9.17, 15) is 0 Å². The van der Waals surface area contributed by atoms with E-state index < -0.39 is 0 Å². The molecule has 1 aliphatic carbocycles. The second-order valence-corrected chi connectivity index (χ2v) is 6.92. The molecule has 0 aromatic heterocycles. The van der Waals surface area contributed by atoms with E-state index in [0.717, 1.165) is 23.9 Å². The highest BCUT2D eigenvalue weighted by molar-refractivity contribution is 4.93. The van der Waals surface area contributed by atoms with Crippen molar-refractivity contribution >= 4 is 0 Å². The van der Waals surface area contributed by atoms with Gasteiger partial charge in [-0.2, -0.15) is 0 Å². The van der Waals surface area contributed by atoms with Crippen LogP contribution in [0.3, 0.4) is 0 Å². The van der Waals surface area contributed by atoms with Crippen LogP contribution in [0.4, 0.5) is 0 Å². The first kappa shape index (κ1) is 12.9. The summed E-state index contributed by atoms with van der Waals surface area (Å²) < 4.78 is 0. The molecule has 3 aliphatic heterocycles. The average molecular weight is 250 g/mol. The van der Waals surface area contributed by atoms with Gasteiger partial charge in [0.1, 0.15) is 0 Å². The van der Waals surface area contributed by atoms with Crippen molar-refractivity contribution in [1.82, 2.24) is 10.2 Å². The van der Waals surface area contributed by atoms with Gasteiger partial charge in [-0.3, -0.25) is 0 Å². The predicted octanol–water partition coefficient (Wildman–Crippen LogP) is 3.03. The lowest BCUT2D eigenvalue weighted by Crippen LogP contribution is -2.58. The second-order valence-electron chi connectivity index (χ2n) is 6.92. The van der Waals surface area contributed by atoms with E-state index in [1.54, 1.807) is 0 Å². The molecule has 0 aromatic rings. The highest BCUT2D eigenvalue weighted by atomic mass is 15.2. The Morgan fingerprint density at radius 1 is 1.00 bits per heavy atom. The zero-order chi connectivity index (χ0) is 12.4. The third kappa shape index (κ3) is 2.91. The summed E-state index contributed by atoms with van der Waals surface area (Å²) in [6.45, 7) is 6.40. The highest BCUT2D eigenvalue weighted by Crippen LogP contribution is 2.31. The minimum atomic E-state index is 0.820. The maximum Gasteiger partial charge on any atom is 0.0226 e. The van der Waals surface area contributed by atoms with Crippen molar-refractivity contribution in [2.75, 3.05) is 19.6 Å². The Kier molecular flexibility index (Phi) is 4.25. The third-order valence-corrected chi connectivity index (χ3v) is 5.65. The van der Waals surface area contributed by atoms with Crippen LogP contribution in [0.2, 0.25) is 0 Å². The molecule has 0 amide bonds. The zero-order valence-corrected chi connectivity index (χ0v) is 12.0. The van der Waals surface area contributed by atoms with Crippen LogP contribution in [0.25, 0.3) is 0 Å². The van der Waals surface area contributed by atoms with Gasteiger partial charge in [0.05, 0.1) is 0 Å². The summed E-state index contributed by atoms with van der Waals surface area (Å²) in [6, 6.07) is 1.66. The van der Waals surface area contributed by atoms with E-state index >= 15 is 0 Å². The highest BCUT2D eigenvalue weighted by Gasteiger charge is 2.35. The fourth-order valence-corrected chi connectivity index (χ4v) is 4.48. The number of rotatable bonds is 4. The number of hydrogen-bond donors (Lipinski definition) is 1.